The van der Waals surface area contributed by atoms with Crippen molar-refractivity contribution in [3.8, 4) is 11.6 Å². The maximum atomic E-state index is 5.65. The molecule has 0 saturated heterocycles. The molecule has 0 unspecified atom stereocenters. The van der Waals surface area contributed by atoms with Crippen LogP contribution >= 0.6 is 24.0 Å². The highest BCUT2D eigenvalue weighted by Crippen LogP contribution is 2.10. The molecule has 0 saturated carbocycles. The summed E-state index contributed by atoms with van der Waals surface area (Å²) >= 11 is 0. The highest BCUT2D eigenvalue weighted by atomic mass is 127. The van der Waals surface area contributed by atoms with E-state index in [1.807, 2.05) is 78.2 Å². The summed E-state index contributed by atoms with van der Waals surface area (Å²) in [6.45, 7) is 4.65. The van der Waals surface area contributed by atoms with E-state index < -0.39 is 0 Å². The molecule has 9 nitrogen and oxygen atoms in total. The van der Waals surface area contributed by atoms with E-state index in [9.17, 15) is 0 Å². The van der Waals surface area contributed by atoms with Gasteiger partial charge in [0.1, 0.15) is 19.0 Å². The number of benzene rings is 1. The Bertz CT molecular complexity index is 1170. The van der Waals surface area contributed by atoms with Crippen molar-refractivity contribution in [3.63, 3.8) is 0 Å². The van der Waals surface area contributed by atoms with Gasteiger partial charge in [0.2, 0.25) is 5.88 Å². The largest absolute Gasteiger partial charge is 0.490 e. The third-order valence-corrected chi connectivity index (χ3v) is 4.71. The second kappa shape index (κ2) is 13.3. The lowest BCUT2D eigenvalue weighted by Gasteiger charge is -2.11. The zero-order valence-corrected chi connectivity index (χ0v) is 21.3. The van der Waals surface area contributed by atoms with E-state index in [1.165, 1.54) is 0 Å². The van der Waals surface area contributed by atoms with Gasteiger partial charge in [-0.1, -0.05) is 30.3 Å². The summed E-state index contributed by atoms with van der Waals surface area (Å²) in [7, 11) is 0. The second-order valence-corrected chi connectivity index (χ2v) is 7.11. The van der Waals surface area contributed by atoms with Crippen molar-refractivity contribution >= 4 is 35.6 Å². The van der Waals surface area contributed by atoms with Gasteiger partial charge < -0.3 is 20.1 Å². The minimum atomic E-state index is 0. The summed E-state index contributed by atoms with van der Waals surface area (Å²) < 4.78 is 13.2. The predicted molar refractivity (Wildman–Crippen MR) is 142 cm³/mol. The minimum absolute atomic E-state index is 0. The number of aromatic nitrogens is 4. The topological polar surface area (TPSA) is 98.0 Å². The molecule has 10 heteroatoms. The highest BCUT2D eigenvalue weighted by Gasteiger charge is 2.06. The fraction of sp³-hybridized carbons (Fsp3) is 0.250. The number of hydrogen-bond donors (Lipinski definition) is 2. The van der Waals surface area contributed by atoms with Crippen LogP contribution in [-0.2, 0) is 13.1 Å². The fourth-order valence-corrected chi connectivity index (χ4v) is 3.10. The number of ether oxygens (including phenoxy) is 2. The first-order valence-corrected chi connectivity index (χ1v) is 10.9. The number of rotatable bonds is 10. The van der Waals surface area contributed by atoms with E-state index in [0.717, 1.165) is 29.3 Å². The number of nitrogens with one attached hydrogen (secondary N) is 2. The van der Waals surface area contributed by atoms with E-state index in [4.69, 9.17) is 9.47 Å². The van der Waals surface area contributed by atoms with Crippen LogP contribution in [0.1, 0.15) is 18.3 Å². The minimum Gasteiger partial charge on any atom is -0.490 e. The smallest absolute Gasteiger partial charge is 0.213 e. The zero-order valence-electron chi connectivity index (χ0n) is 18.9. The maximum Gasteiger partial charge on any atom is 0.213 e. The number of para-hydroxylation sites is 1. The first-order valence-electron chi connectivity index (χ1n) is 10.9. The van der Waals surface area contributed by atoms with Crippen LogP contribution < -0.4 is 20.1 Å². The van der Waals surface area contributed by atoms with Crippen LogP contribution in [0.4, 0.5) is 0 Å². The first kappa shape index (κ1) is 25.2. The molecule has 178 valence electrons. The van der Waals surface area contributed by atoms with Crippen LogP contribution in [0.2, 0.25) is 0 Å². The van der Waals surface area contributed by atoms with E-state index in [-0.39, 0.29) is 24.0 Å². The molecule has 0 spiro atoms. The molecule has 2 N–H and O–H groups in total. The van der Waals surface area contributed by atoms with E-state index in [2.05, 4.69) is 30.8 Å². The molecule has 0 aliphatic rings. The lowest BCUT2D eigenvalue weighted by molar-refractivity contribution is 0.212. The average molecular weight is 573 g/mol. The van der Waals surface area contributed by atoms with Gasteiger partial charge in [-0.2, -0.15) is 0 Å². The van der Waals surface area contributed by atoms with Gasteiger partial charge in [0, 0.05) is 25.0 Å². The second-order valence-electron chi connectivity index (χ2n) is 7.11. The van der Waals surface area contributed by atoms with Crippen LogP contribution in [-0.4, -0.2) is 45.3 Å². The molecule has 0 amide bonds. The van der Waals surface area contributed by atoms with Gasteiger partial charge in [-0.05, 0) is 36.8 Å². The fourth-order valence-electron chi connectivity index (χ4n) is 3.10. The Morgan fingerprint density at radius 2 is 1.76 bits per heavy atom. The molecule has 4 rings (SSSR count). The SMILES string of the molecule is CCNC(=NCc1ccc(OCCOc2ccccc2)nc1)NCc1nnc2ccccn12.I. The third kappa shape index (κ3) is 7.30. The summed E-state index contributed by atoms with van der Waals surface area (Å²) in [5.41, 5.74) is 1.80. The van der Waals surface area contributed by atoms with Crippen molar-refractivity contribution in [1.29, 1.82) is 0 Å². The molecule has 1 aromatic carbocycles. The van der Waals surface area contributed by atoms with Crippen molar-refractivity contribution in [2.45, 2.75) is 20.0 Å². The number of fused-ring (bicyclic) bond motifs is 1. The molecule has 0 bridgehead atoms. The number of guanidine groups is 1. The van der Waals surface area contributed by atoms with Gasteiger partial charge >= 0.3 is 0 Å². The maximum absolute atomic E-state index is 5.65. The Balaban J connectivity index is 0.00000324. The molecule has 34 heavy (non-hydrogen) atoms. The van der Waals surface area contributed by atoms with Gasteiger partial charge in [0.25, 0.3) is 0 Å². The Morgan fingerprint density at radius 3 is 2.56 bits per heavy atom. The third-order valence-electron chi connectivity index (χ3n) is 4.71. The summed E-state index contributed by atoms with van der Waals surface area (Å²) in [5, 5.41) is 15.0. The quantitative estimate of drug-likeness (QED) is 0.130. The zero-order chi connectivity index (χ0) is 22.7. The van der Waals surface area contributed by atoms with Crippen molar-refractivity contribution in [3.05, 3.63) is 84.4 Å². The average Bonchev–Trinajstić information content (AvgIpc) is 3.28. The molecule has 0 aliphatic heterocycles. The van der Waals surface area contributed by atoms with Gasteiger partial charge in [0.05, 0.1) is 13.1 Å². The molecule has 0 aliphatic carbocycles. The summed E-state index contributed by atoms with van der Waals surface area (Å²) in [5.74, 6) is 2.90. The van der Waals surface area contributed by atoms with Gasteiger partial charge in [-0.3, -0.25) is 4.40 Å². The van der Waals surface area contributed by atoms with Crippen molar-refractivity contribution in [1.82, 2.24) is 30.2 Å². The lowest BCUT2D eigenvalue weighted by Crippen LogP contribution is -2.37. The summed E-state index contributed by atoms with van der Waals surface area (Å²) in [6.07, 6.45) is 3.71. The Labute approximate surface area is 215 Å². The van der Waals surface area contributed by atoms with Crippen LogP contribution in [0, 0.1) is 0 Å². The van der Waals surface area contributed by atoms with Crippen molar-refractivity contribution < 1.29 is 9.47 Å². The predicted octanol–water partition coefficient (Wildman–Crippen LogP) is 3.46. The lowest BCUT2D eigenvalue weighted by atomic mass is 10.3. The van der Waals surface area contributed by atoms with Crippen LogP contribution in [0.3, 0.4) is 0 Å². The molecular weight excluding hydrogens is 545 g/mol. The van der Waals surface area contributed by atoms with E-state index in [1.54, 1.807) is 6.20 Å². The Morgan fingerprint density at radius 1 is 0.941 bits per heavy atom. The summed E-state index contributed by atoms with van der Waals surface area (Å²) in [6, 6.07) is 19.3. The first-order chi connectivity index (χ1) is 16.3. The van der Waals surface area contributed by atoms with Crippen molar-refractivity contribution in [2.24, 2.45) is 4.99 Å². The highest BCUT2D eigenvalue weighted by molar-refractivity contribution is 14.0. The van der Waals surface area contributed by atoms with Crippen LogP contribution in [0.5, 0.6) is 11.6 Å². The molecule has 3 heterocycles. The van der Waals surface area contributed by atoms with Gasteiger partial charge in [0.15, 0.2) is 17.4 Å². The standard InChI is InChI=1S/C24H27N7O2.HI/c1-2-25-24(28-18-22-30-29-21-10-6-7-13-31(21)22)27-17-19-11-12-23(26-16-19)33-15-14-32-20-8-4-3-5-9-20;/h3-13,16H,2,14-15,17-18H2,1H3,(H2,25,27,28);1H. The van der Waals surface area contributed by atoms with Gasteiger partial charge in [-0.25, -0.2) is 9.98 Å². The molecule has 0 fully saturated rings. The molecule has 0 radical (unpaired) electrons. The molecule has 0 atom stereocenters. The van der Waals surface area contributed by atoms with Crippen molar-refractivity contribution in [2.75, 3.05) is 19.8 Å². The monoisotopic (exact) mass is 573 g/mol. The number of nitrogens with zero attached hydrogens (tertiary/aromatic N) is 5. The summed E-state index contributed by atoms with van der Waals surface area (Å²) in [4.78, 5) is 9.00. The van der Waals surface area contributed by atoms with Gasteiger partial charge in [-0.15, -0.1) is 34.2 Å². The molecular formula is C24H28IN7O2. The molecule has 4 aromatic rings. The van der Waals surface area contributed by atoms with Crippen LogP contribution in [0.25, 0.3) is 5.65 Å². The Hall–Kier alpha value is -3.41. The normalized spacial score (nSPS) is 11.0. The molecule has 3 aromatic heterocycles. The number of hydrogen-bond acceptors (Lipinski definition) is 6. The Kier molecular flexibility index (Phi) is 9.89. The van der Waals surface area contributed by atoms with E-state index >= 15 is 0 Å². The number of pyridine rings is 2. The van der Waals surface area contributed by atoms with E-state index in [0.29, 0.717) is 38.1 Å². The number of halogens is 1. The van der Waals surface area contributed by atoms with Crippen LogP contribution in [0.15, 0.2) is 78.0 Å². The number of aliphatic imine (C=N–C) groups is 1.